The molecule has 0 bridgehead atoms. The standard InChI is InChI=1S/C19H20FNO2/c20-17-9-15(19-16(10-17)12-22-13-23-19)11-21-8-4-7-18(21)14-5-2-1-3-6-14/h1-3,5-6,9-10,18H,4,7-8,11-13H2. The lowest BCUT2D eigenvalue weighted by Crippen LogP contribution is -2.24. The van der Waals surface area contributed by atoms with E-state index >= 15 is 0 Å². The van der Waals surface area contributed by atoms with E-state index in [9.17, 15) is 4.39 Å². The highest BCUT2D eigenvalue weighted by molar-refractivity contribution is 5.42. The van der Waals surface area contributed by atoms with Gasteiger partial charge in [0.15, 0.2) is 6.79 Å². The van der Waals surface area contributed by atoms with Crippen molar-refractivity contribution in [2.75, 3.05) is 13.3 Å². The summed E-state index contributed by atoms with van der Waals surface area (Å²) >= 11 is 0. The van der Waals surface area contributed by atoms with Crippen LogP contribution in [0.4, 0.5) is 4.39 Å². The Morgan fingerprint density at radius 3 is 2.91 bits per heavy atom. The summed E-state index contributed by atoms with van der Waals surface area (Å²) in [5, 5.41) is 0. The van der Waals surface area contributed by atoms with Gasteiger partial charge in [0.05, 0.1) is 6.61 Å². The maximum Gasteiger partial charge on any atom is 0.189 e. The zero-order valence-corrected chi connectivity index (χ0v) is 13.0. The van der Waals surface area contributed by atoms with Gasteiger partial charge >= 0.3 is 0 Å². The maximum atomic E-state index is 13.9. The number of halogens is 1. The van der Waals surface area contributed by atoms with Crippen LogP contribution in [0.25, 0.3) is 0 Å². The van der Waals surface area contributed by atoms with Gasteiger partial charge in [0, 0.05) is 23.7 Å². The molecule has 1 atom stereocenters. The SMILES string of the molecule is Fc1cc2c(c(CN3CCCC3c3ccccc3)c1)OCOC2. The highest BCUT2D eigenvalue weighted by atomic mass is 19.1. The van der Waals surface area contributed by atoms with E-state index in [0.717, 1.165) is 29.8 Å². The quantitative estimate of drug-likeness (QED) is 0.854. The van der Waals surface area contributed by atoms with Gasteiger partial charge in [-0.15, -0.1) is 0 Å². The Balaban J connectivity index is 1.61. The van der Waals surface area contributed by atoms with Crippen LogP contribution in [0.2, 0.25) is 0 Å². The van der Waals surface area contributed by atoms with Crippen LogP contribution in [0, 0.1) is 5.82 Å². The molecule has 1 unspecified atom stereocenters. The van der Waals surface area contributed by atoms with Gasteiger partial charge in [0.25, 0.3) is 0 Å². The number of nitrogens with zero attached hydrogens (tertiary/aromatic N) is 1. The Morgan fingerprint density at radius 1 is 1.17 bits per heavy atom. The van der Waals surface area contributed by atoms with Gasteiger partial charge in [-0.3, -0.25) is 4.90 Å². The molecule has 0 aliphatic carbocycles. The van der Waals surface area contributed by atoms with Gasteiger partial charge in [-0.1, -0.05) is 30.3 Å². The maximum absolute atomic E-state index is 13.9. The number of hydrogen-bond acceptors (Lipinski definition) is 3. The summed E-state index contributed by atoms with van der Waals surface area (Å²) in [7, 11) is 0. The Labute approximate surface area is 135 Å². The summed E-state index contributed by atoms with van der Waals surface area (Å²) < 4.78 is 24.8. The lowest BCUT2D eigenvalue weighted by Gasteiger charge is -2.27. The molecular formula is C19H20FNO2. The topological polar surface area (TPSA) is 21.7 Å². The second-order valence-corrected chi connectivity index (χ2v) is 6.20. The molecule has 2 aliphatic rings. The lowest BCUT2D eigenvalue weighted by molar-refractivity contribution is -0.0177. The number of likely N-dealkylation sites (tertiary alicyclic amines) is 1. The molecule has 0 N–H and O–H groups in total. The Kier molecular flexibility index (Phi) is 4.02. The van der Waals surface area contributed by atoms with Crippen LogP contribution in [0.5, 0.6) is 5.75 Å². The molecule has 0 spiro atoms. The van der Waals surface area contributed by atoms with Crippen molar-refractivity contribution in [3.63, 3.8) is 0 Å². The zero-order chi connectivity index (χ0) is 15.6. The van der Waals surface area contributed by atoms with Gasteiger partial charge < -0.3 is 9.47 Å². The summed E-state index contributed by atoms with van der Waals surface area (Å²) in [5.74, 6) is 0.583. The van der Waals surface area contributed by atoms with E-state index in [2.05, 4.69) is 29.2 Å². The molecular weight excluding hydrogens is 293 g/mol. The Hall–Kier alpha value is -1.91. The second kappa shape index (κ2) is 6.30. The molecule has 23 heavy (non-hydrogen) atoms. The van der Waals surface area contributed by atoms with E-state index in [0.29, 0.717) is 19.2 Å². The molecule has 3 nitrogen and oxygen atoms in total. The van der Waals surface area contributed by atoms with Gasteiger partial charge in [-0.2, -0.15) is 0 Å². The first-order valence-electron chi connectivity index (χ1n) is 8.12. The average molecular weight is 313 g/mol. The van der Waals surface area contributed by atoms with Gasteiger partial charge in [-0.05, 0) is 37.1 Å². The molecule has 0 amide bonds. The molecule has 4 rings (SSSR count). The first kappa shape index (κ1) is 14.7. The predicted octanol–water partition coefficient (Wildman–Crippen LogP) is 4.03. The van der Waals surface area contributed by atoms with Gasteiger partial charge in [-0.25, -0.2) is 4.39 Å². The fourth-order valence-electron chi connectivity index (χ4n) is 3.66. The fraction of sp³-hybridized carbons (Fsp3) is 0.368. The largest absolute Gasteiger partial charge is 0.467 e. The number of benzene rings is 2. The Bertz CT molecular complexity index is 689. The number of hydrogen-bond donors (Lipinski definition) is 0. The van der Waals surface area contributed by atoms with E-state index in [4.69, 9.17) is 9.47 Å². The van der Waals surface area contributed by atoms with Crippen LogP contribution in [0.1, 0.15) is 35.6 Å². The summed E-state index contributed by atoms with van der Waals surface area (Å²) in [6, 6.07) is 14.1. The van der Waals surface area contributed by atoms with Crippen LogP contribution in [-0.2, 0) is 17.9 Å². The van der Waals surface area contributed by atoms with Gasteiger partial charge in [0.1, 0.15) is 11.6 Å². The van der Waals surface area contributed by atoms with Crippen LogP contribution < -0.4 is 4.74 Å². The molecule has 2 aromatic carbocycles. The molecule has 1 fully saturated rings. The highest BCUT2D eigenvalue weighted by Gasteiger charge is 2.27. The molecule has 2 aromatic rings. The van der Waals surface area contributed by atoms with Crippen molar-refractivity contribution in [1.82, 2.24) is 4.90 Å². The molecule has 4 heteroatoms. The molecule has 120 valence electrons. The van der Waals surface area contributed by atoms with Crippen molar-refractivity contribution >= 4 is 0 Å². The van der Waals surface area contributed by atoms with Crippen molar-refractivity contribution in [1.29, 1.82) is 0 Å². The van der Waals surface area contributed by atoms with E-state index in [1.54, 1.807) is 6.07 Å². The highest BCUT2D eigenvalue weighted by Crippen LogP contribution is 2.36. The van der Waals surface area contributed by atoms with Crippen molar-refractivity contribution in [3.8, 4) is 5.75 Å². The summed E-state index contributed by atoms with van der Waals surface area (Å²) in [5.41, 5.74) is 3.06. The minimum Gasteiger partial charge on any atom is -0.467 e. The van der Waals surface area contributed by atoms with Crippen LogP contribution in [0.3, 0.4) is 0 Å². The van der Waals surface area contributed by atoms with Crippen LogP contribution >= 0.6 is 0 Å². The summed E-state index contributed by atoms with van der Waals surface area (Å²) in [6.07, 6.45) is 2.31. The van der Waals surface area contributed by atoms with Crippen molar-refractivity contribution in [2.24, 2.45) is 0 Å². The molecule has 2 heterocycles. The minimum absolute atomic E-state index is 0.219. The first-order valence-corrected chi connectivity index (χ1v) is 8.12. The normalized spacial score (nSPS) is 21.0. The monoisotopic (exact) mass is 313 g/mol. The third-order valence-electron chi connectivity index (χ3n) is 4.67. The molecule has 0 aromatic heterocycles. The molecule has 0 radical (unpaired) electrons. The minimum atomic E-state index is -0.219. The lowest BCUT2D eigenvalue weighted by atomic mass is 10.0. The van der Waals surface area contributed by atoms with Crippen molar-refractivity contribution < 1.29 is 13.9 Å². The number of ether oxygens (including phenoxy) is 2. The van der Waals surface area contributed by atoms with Crippen molar-refractivity contribution in [2.45, 2.75) is 32.0 Å². The summed E-state index contributed by atoms with van der Waals surface area (Å²) in [6.45, 7) is 2.40. The van der Waals surface area contributed by atoms with E-state index in [-0.39, 0.29) is 12.6 Å². The third kappa shape index (κ3) is 2.96. The molecule has 2 aliphatic heterocycles. The van der Waals surface area contributed by atoms with Crippen molar-refractivity contribution in [3.05, 3.63) is 65.0 Å². The van der Waals surface area contributed by atoms with Crippen LogP contribution in [-0.4, -0.2) is 18.2 Å². The molecule has 1 saturated heterocycles. The summed E-state index contributed by atoms with van der Waals surface area (Å²) in [4.78, 5) is 2.42. The molecule has 0 saturated carbocycles. The van der Waals surface area contributed by atoms with E-state index in [1.807, 2.05) is 6.07 Å². The number of rotatable bonds is 3. The van der Waals surface area contributed by atoms with E-state index in [1.165, 1.54) is 18.1 Å². The zero-order valence-electron chi connectivity index (χ0n) is 13.0. The predicted molar refractivity (Wildman–Crippen MR) is 85.5 cm³/mol. The third-order valence-corrected chi connectivity index (χ3v) is 4.67. The second-order valence-electron chi connectivity index (χ2n) is 6.20. The van der Waals surface area contributed by atoms with Gasteiger partial charge in [0.2, 0.25) is 0 Å². The fourth-order valence-corrected chi connectivity index (χ4v) is 3.66. The average Bonchev–Trinajstić information content (AvgIpc) is 3.04. The van der Waals surface area contributed by atoms with Crippen LogP contribution in [0.15, 0.2) is 42.5 Å². The Morgan fingerprint density at radius 2 is 2.04 bits per heavy atom. The van der Waals surface area contributed by atoms with E-state index < -0.39 is 0 Å². The first-order chi connectivity index (χ1) is 11.3. The number of fused-ring (bicyclic) bond motifs is 1. The smallest absolute Gasteiger partial charge is 0.189 e.